The standard InChI is InChI=1S/C21H18FN3O2/c1-2-13-27-19-9-3-16(4-10-19)11-12-24-21(26)20-14-23-15-25(20)18-7-5-17(22)6-8-18/h1,3-10,14-15H,11-13H2,(H,24,26). The molecule has 1 aromatic heterocycles. The Bertz CT molecular complexity index is 941. The molecule has 0 aliphatic heterocycles. The van der Waals surface area contributed by atoms with Crippen LogP contribution in [0, 0.1) is 18.2 Å². The Hall–Kier alpha value is -3.59. The van der Waals surface area contributed by atoms with Crippen LogP contribution in [0.25, 0.3) is 5.69 Å². The highest BCUT2D eigenvalue weighted by Crippen LogP contribution is 2.13. The van der Waals surface area contributed by atoms with Gasteiger partial charge in [0.2, 0.25) is 0 Å². The minimum atomic E-state index is -0.333. The molecule has 0 atom stereocenters. The van der Waals surface area contributed by atoms with Crippen molar-refractivity contribution in [1.82, 2.24) is 14.9 Å². The molecular weight excluding hydrogens is 345 g/mol. The molecule has 0 aliphatic carbocycles. The van der Waals surface area contributed by atoms with Gasteiger partial charge in [0.15, 0.2) is 0 Å². The third kappa shape index (κ3) is 4.73. The van der Waals surface area contributed by atoms with Gasteiger partial charge in [-0.2, -0.15) is 0 Å². The van der Waals surface area contributed by atoms with Crippen LogP contribution < -0.4 is 10.1 Å². The van der Waals surface area contributed by atoms with Gasteiger partial charge in [-0.3, -0.25) is 9.36 Å². The highest BCUT2D eigenvalue weighted by Gasteiger charge is 2.12. The summed E-state index contributed by atoms with van der Waals surface area (Å²) in [6, 6.07) is 13.4. The van der Waals surface area contributed by atoms with Crippen molar-refractivity contribution in [2.75, 3.05) is 13.2 Å². The van der Waals surface area contributed by atoms with Gasteiger partial charge in [-0.15, -0.1) is 6.42 Å². The summed E-state index contributed by atoms with van der Waals surface area (Å²) in [6.07, 6.45) is 8.84. The second-order valence-electron chi connectivity index (χ2n) is 5.77. The fraction of sp³-hybridized carbons (Fsp3) is 0.143. The number of nitrogens with one attached hydrogen (secondary N) is 1. The Morgan fingerprint density at radius 3 is 2.63 bits per heavy atom. The van der Waals surface area contributed by atoms with E-state index in [9.17, 15) is 9.18 Å². The van der Waals surface area contributed by atoms with Crippen LogP contribution in [0.1, 0.15) is 16.1 Å². The van der Waals surface area contributed by atoms with Gasteiger partial charge in [-0.05, 0) is 48.4 Å². The molecule has 0 saturated carbocycles. The van der Waals surface area contributed by atoms with Crippen molar-refractivity contribution in [3.05, 3.63) is 78.1 Å². The van der Waals surface area contributed by atoms with Gasteiger partial charge in [0.05, 0.1) is 12.5 Å². The van der Waals surface area contributed by atoms with E-state index < -0.39 is 0 Å². The zero-order valence-electron chi connectivity index (χ0n) is 14.6. The number of rotatable bonds is 7. The molecule has 0 aliphatic rings. The molecule has 0 bridgehead atoms. The van der Waals surface area contributed by atoms with Crippen molar-refractivity contribution in [3.8, 4) is 23.8 Å². The molecule has 3 aromatic rings. The smallest absolute Gasteiger partial charge is 0.269 e. The first-order chi connectivity index (χ1) is 13.2. The number of nitrogens with zero attached hydrogens (tertiary/aromatic N) is 2. The maximum absolute atomic E-state index is 13.1. The van der Waals surface area contributed by atoms with Crippen LogP contribution in [0.15, 0.2) is 61.1 Å². The first-order valence-electron chi connectivity index (χ1n) is 8.39. The number of carbonyl (C=O) groups is 1. The van der Waals surface area contributed by atoms with Crippen LogP contribution in [0.2, 0.25) is 0 Å². The van der Waals surface area contributed by atoms with Gasteiger partial charge in [-0.25, -0.2) is 9.37 Å². The van der Waals surface area contributed by atoms with Crippen LogP contribution in [0.5, 0.6) is 5.75 Å². The molecule has 3 rings (SSSR count). The first-order valence-corrected chi connectivity index (χ1v) is 8.39. The van der Waals surface area contributed by atoms with E-state index in [0.29, 0.717) is 30.1 Å². The van der Waals surface area contributed by atoms with Crippen LogP contribution >= 0.6 is 0 Å². The van der Waals surface area contributed by atoms with Crippen LogP contribution in [0.4, 0.5) is 4.39 Å². The van der Waals surface area contributed by atoms with Crippen molar-refractivity contribution in [2.24, 2.45) is 0 Å². The van der Waals surface area contributed by atoms with E-state index in [1.165, 1.54) is 24.7 Å². The maximum Gasteiger partial charge on any atom is 0.269 e. The summed E-state index contributed by atoms with van der Waals surface area (Å²) in [5.74, 6) is 2.55. The molecular formula is C21H18FN3O2. The van der Waals surface area contributed by atoms with E-state index in [2.05, 4.69) is 16.2 Å². The zero-order chi connectivity index (χ0) is 19.1. The Kier molecular flexibility index (Phi) is 5.85. The highest BCUT2D eigenvalue weighted by molar-refractivity contribution is 5.93. The number of amides is 1. The van der Waals surface area contributed by atoms with Crippen LogP contribution in [-0.2, 0) is 6.42 Å². The summed E-state index contributed by atoms with van der Waals surface area (Å²) in [7, 11) is 0. The van der Waals surface area contributed by atoms with Crippen molar-refractivity contribution in [3.63, 3.8) is 0 Å². The van der Waals surface area contributed by atoms with E-state index in [4.69, 9.17) is 11.2 Å². The lowest BCUT2D eigenvalue weighted by Gasteiger charge is -2.09. The number of benzene rings is 2. The molecule has 0 spiro atoms. The minimum Gasteiger partial charge on any atom is -0.481 e. The third-order valence-corrected chi connectivity index (χ3v) is 3.92. The molecule has 0 fully saturated rings. The summed E-state index contributed by atoms with van der Waals surface area (Å²) in [6.45, 7) is 0.704. The number of terminal acetylenes is 1. The second kappa shape index (κ2) is 8.68. The van der Waals surface area contributed by atoms with Gasteiger partial charge >= 0.3 is 0 Å². The highest BCUT2D eigenvalue weighted by atomic mass is 19.1. The predicted molar refractivity (Wildman–Crippen MR) is 100 cm³/mol. The molecule has 27 heavy (non-hydrogen) atoms. The van der Waals surface area contributed by atoms with Crippen molar-refractivity contribution < 1.29 is 13.9 Å². The van der Waals surface area contributed by atoms with E-state index >= 15 is 0 Å². The summed E-state index contributed by atoms with van der Waals surface area (Å²) in [4.78, 5) is 16.5. The zero-order valence-corrected chi connectivity index (χ0v) is 14.6. The van der Waals surface area contributed by atoms with Gasteiger partial charge in [-0.1, -0.05) is 18.1 Å². The van der Waals surface area contributed by atoms with E-state index in [1.54, 1.807) is 16.7 Å². The average Bonchev–Trinajstić information content (AvgIpc) is 3.18. The molecule has 2 aromatic carbocycles. The molecule has 1 amide bonds. The van der Waals surface area contributed by atoms with Crippen molar-refractivity contribution in [1.29, 1.82) is 0 Å². The maximum atomic E-state index is 13.1. The number of aromatic nitrogens is 2. The Balaban J connectivity index is 1.57. The number of hydrogen-bond donors (Lipinski definition) is 1. The summed E-state index contributed by atoms with van der Waals surface area (Å²) in [5, 5.41) is 2.87. The summed E-state index contributed by atoms with van der Waals surface area (Å²) < 4.78 is 20.0. The molecule has 0 saturated heterocycles. The quantitative estimate of drug-likeness (QED) is 0.657. The number of imidazole rings is 1. The fourth-order valence-corrected chi connectivity index (χ4v) is 2.56. The summed E-state index contributed by atoms with van der Waals surface area (Å²) >= 11 is 0. The average molecular weight is 363 g/mol. The number of halogens is 1. The normalized spacial score (nSPS) is 10.2. The SMILES string of the molecule is C#CCOc1ccc(CCNC(=O)c2cncn2-c2ccc(F)cc2)cc1. The molecule has 136 valence electrons. The minimum absolute atomic E-state index is 0.233. The molecule has 0 radical (unpaired) electrons. The molecule has 1 N–H and O–H groups in total. The van der Waals surface area contributed by atoms with Crippen molar-refractivity contribution in [2.45, 2.75) is 6.42 Å². The second-order valence-corrected chi connectivity index (χ2v) is 5.77. The van der Waals surface area contributed by atoms with Crippen molar-refractivity contribution >= 4 is 5.91 Å². The Labute approximate surface area is 156 Å². The predicted octanol–water partition coefficient (Wildman–Crippen LogP) is 3.00. The van der Waals surface area contributed by atoms with Gasteiger partial charge in [0, 0.05) is 12.2 Å². The Morgan fingerprint density at radius 1 is 1.19 bits per heavy atom. The largest absolute Gasteiger partial charge is 0.481 e. The van der Waals surface area contributed by atoms with Crippen LogP contribution in [0.3, 0.4) is 0 Å². The first kappa shape index (κ1) is 18.2. The lowest BCUT2D eigenvalue weighted by molar-refractivity contribution is 0.0947. The monoisotopic (exact) mass is 363 g/mol. The molecule has 5 nitrogen and oxygen atoms in total. The fourth-order valence-electron chi connectivity index (χ4n) is 2.56. The number of carbonyl (C=O) groups excluding carboxylic acids is 1. The van der Waals surface area contributed by atoms with Gasteiger partial charge < -0.3 is 10.1 Å². The lowest BCUT2D eigenvalue weighted by atomic mass is 10.1. The van der Waals surface area contributed by atoms with E-state index in [-0.39, 0.29) is 18.3 Å². The van der Waals surface area contributed by atoms with E-state index in [1.807, 2.05) is 24.3 Å². The topological polar surface area (TPSA) is 56.1 Å². The summed E-state index contributed by atoms with van der Waals surface area (Å²) in [5.41, 5.74) is 2.12. The van der Waals surface area contributed by atoms with Crippen LogP contribution in [-0.4, -0.2) is 28.6 Å². The lowest BCUT2D eigenvalue weighted by Crippen LogP contribution is -2.27. The number of ether oxygens (including phenoxy) is 1. The van der Waals surface area contributed by atoms with Gasteiger partial charge in [0.1, 0.15) is 23.9 Å². The molecule has 0 unspecified atom stereocenters. The number of hydrogen-bond acceptors (Lipinski definition) is 3. The third-order valence-electron chi connectivity index (χ3n) is 3.92. The molecule has 6 heteroatoms. The Morgan fingerprint density at radius 2 is 1.93 bits per heavy atom. The van der Waals surface area contributed by atoms with E-state index in [0.717, 1.165) is 5.56 Å². The molecule has 1 heterocycles. The van der Waals surface area contributed by atoms with Gasteiger partial charge in [0.25, 0.3) is 5.91 Å².